The van der Waals surface area contributed by atoms with Gasteiger partial charge >= 0.3 is 0 Å². The summed E-state index contributed by atoms with van der Waals surface area (Å²) in [5, 5.41) is 5.16. The van der Waals surface area contributed by atoms with Crippen molar-refractivity contribution in [2.75, 3.05) is 0 Å². The minimum Gasteiger partial charge on any atom is -0.268 e. The quantitative estimate of drug-likeness (QED) is 0.688. The number of hydrogen-bond acceptors (Lipinski definition) is 1. The van der Waals surface area contributed by atoms with E-state index in [0.29, 0.717) is 0 Å². The minimum absolute atomic E-state index is 0.752. The van der Waals surface area contributed by atoms with Gasteiger partial charge in [0.2, 0.25) is 0 Å². The van der Waals surface area contributed by atoms with Gasteiger partial charge < -0.3 is 0 Å². The molecular formula is C17H15ClN2. The number of hydrogen-bond donors (Lipinski definition) is 0. The van der Waals surface area contributed by atoms with Crippen LogP contribution >= 0.6 is 11.6 Å². The van der Waals surface area contributed by atoms with Crippen LogP contribution < -0.4 is 0 Å². The Morgan fingerprint density at radius 3 is 2.55 bits per heavy atom. The van der Waals surface area contributed by atoms with Crippen molar-refractivity contribution in [1.29, 1.82) is 0 Å². The lowest BCUT2D eigenvalue weighted by atomic mass is 10.1. The molecule has 0 radical (unpaired) electrons. The summed E-state index contributed by atoms with van der Waals surface area (Å²) in [6.45, 7) is 2.86. The first-order valence-electron chi connectivity index (χ1n) is 6.55. The summed E-state index contributed by atoms with van der Waals surface area (Å²) >= 11 is 6.21. The average molecular weight is 283 g/mol. The number of nitrogens with zero attached hydrogens (tertiary/aromatic N) is 2. The maximum Gasteiger partial charge on any atom is 0.0659 e. The molecule has 3 heteroatoms. The maximum absolute atomic E-state index is 6.21. The summed E-state index contributed by atoms with van der Waals surface area (Å²) in [5.41, 5.74) is 4.57. The van der Waals surface area contributed by atoms with E-state index >= 15 is 0 Å². The zero-order valence-corrected chi connectivity index (χ0v) is 12.0. The van der Waals surface area contributed by atoms with Crippen LogP contribution in [0.15, 0.2) is 60.9 Å². The number of aromatic nitrogens is 2. The van der Waals surface area contributed by atoms with Gasteiger partial charge in [-0.25, -0.2) is 0 Å². The van der Waals surface area contributed by atoms with Crippen LogP contribution in [0.1, 0.15) is 11.1 Å². The van der Waals surface area contributed by atoms with E-state index in [0.717, 1.165) is 22.7 Å². The van der Waals surface area contributed by atoms with Crippen LogP contribution in [0.3, 0.4) is 0 Å². The first-order valence-corrected chi connectivity index (χ1v) is 6.93. The van der Waals surface area contributed by atoms with Crippen molar-refractivity contribution in [2.24, 2.45) is 0 Å². The number of halogens is 1. The molecule has 0 spiro atoms. The zero-order valence-electron chi connectivity index (χ0n) is 11.3. The molecule has 3 aromatic rings. The zero-order chi connectivity index (χ0) is 13.9. The van der Waals surface area contributed by atoms with Crippen LogP contribution in [0, 0.1) is 6.92 Å². The van der Waals surface area contributed by atoms with Crippen molar-refractivity contribution in [1.82, 2.24) is 9.78 Å². The lowest BCUT2D eigenvalue weighted by molar-refractivity contribution is 0.687. The van der Waals surface area contributed by atoms with Crippen molar-refractivity contribution in [3.63, 3.8) is 0 Å². The molecule has 20 heavy (non-hydrogen) atoms. The molecule has 0 bridgehead atoms. The third-order valence-corrected chi connectivity index (χ3v) is 3.61. The van der Waals surface area contributed by atoms with Gasteiger partial charge in [0.1, 0.15) is 0 Å². The van der Waals surface area contributed by atoms with E-state index in [1.165, 1.54) is 11.1 Å². The lowest BCUT2D eigenvalue weighted by Gasteiger charge is -2.02. The first kappa shape index (κ1) is 12.9. The molecule has 2 aromatic carbocycles. The fourth-order valence-corrected chi connectivity index (χ4v) is 2.41. The SMILES string of the molecule is Cc1ccc(Cn2cc(-c3ccccc3Cl)cn2)cc1. The molecule has 0 atom stereocenters. The second-order valence-electron chi connectivity index (χ2n) is 4.89. The molecule has 0 saturated heterocycles. The summed E-state index contributed by atoms with van der Waals surface area (Å²) in [5.74, 6) is 0. The van der Waals surface area contributed by atoms with Gasteiger partial charge in [0, 0.05) is 22.3 Å². The molecule has 0 fully saturated rings. The van der Waals surface area contributed by atoms with Gasteiger partial charge in [-0.3, -0.25) is 4.68 Å². The normalized spacial score (nSPS) is 10.7. The molecule has 3 rings (SSSR count). The predicted molar refractivity (Wildman–Crippen MR) is 83.0 cm³/mol. The van der Waals surface area contributed by atoms with E-state index in [-0.39, 0.29) is 0 Å². The van der Waals surface area contributed by atoms with Crippen LogP contribution in [0.25, 0.3) is 11.1 Å². The summed E-state index contributed by atoms with van der Waals surface area (Å²) < 4.78 is 1.93. The van der Waals surface area contributed by atoms with Gasteiger partial charge in [0.05, 0.1) is 12.7 Å². The van der Waals surface area contributed by atoms with E-state index in [1.54, 1.807) is 0 Å². The van der Waals surface area contributed by atoms with E-state index in [9.17, 15) is 0 Å². The van der Waals surface area contributed by atoms with Crippen molar-refractivity contribution in [3.05, 3.63) is 77.1 Å². The molecular weight excluding hydrogens is 268 g/mol. The summed E-state index contributed by atoms with van der Waals surface area (Å²) in [7, 11) is 0. The summed E-state index contributed by atoms with van der Waals surface area (Å²) in [6.07, 6.45) is 3.89. The second-order valence-corrected chi connectivity index (χ2v) is 5.30. The van der Waals surface area contributed by atoms with Crippen molar-refractivity contribution < 1.29 is 0 Å². The highest BCUT2D eigenvalue weighted by Crippen LogP contribution is 2.26. The Morgan fingerprint density at radius 2 is 1.80 bits per heavy atom. The predicted octanol–water partition coefficient (Wildman–Crippen LogP) is 4.56. The molecule has 0 amide bonds. The fourth-order valence-electron chi connectivity index (χ4n) is 2.16. The van der Waals surface area contributed by atoms with Crippen LogP contribution in [0.4, 0.5) is 0 Å². The number of benzene rings is 2. The van der Waals surface area contributed by atoms with Gasteiger partial charge in [-0.2, -0.15) is 5.10 Å². The topological polar surface area (TPSA) is 17.8 Å². The highest BCUT2D eigenvalue weighted by molar-refractivity contribution is 6.33. The van der Waals surface area contributed by atoms with Gasteiger partial charge in [0.25, 0.3) is 0 Å². The molecule has 0 aliphatic rings. The Bertz CT molecular complexity index is 714. The Hall–Kier alpha value is -2.06. The van der Waals surface area contributed by atoms with Crippen LogP contribution in [-0.4, -0.2) is 9.78 Å². The Labute approximate surface area is 123 Å². The molecule has 0 saturated carbocycles. The molecule has 1 aromatic heterocycles. The van der Waals surface area contributed by atoms with Gasteiger partial charge in [-0.15, -0.1) is 0 Å². The smallest absolute Gasteiger partial charge is 0.0659 e. The third-order valence-electron chi connectivity index (χ3n) is 3.28. The Balaban J connectivity index is 1.84. The number of aryl methyl sites for hydroxylation is 1. The third kappa shape index (κ3) is 2.75. The van der Waals surface area contributed by atoms with E-state index in [1.807, 2.05) is 41.3 Å². The van der Waals surface area contributed by atoms with Crippen molar-refractivity contribution in [3.8, 4) is 11.1 Å². The Morgan fingerprint density at radius 1 is 1.05 bits per heavy atom. The monoisotopic (exact) mass is 282 g/mol. The lowest BCUT2D eigenvalue weighted by Crippen LogP contribution is -1.99. The molecule has 0 N–H and O–H groups in total. The number of rotatable bonds is 3. The molecule has 0 aliphatic heterocycles. The molecule has 0 aliphatic carbocycles. The van der Waals surface area contributed by atoms with Gasteiger partial charge in [-0.1, -0.05) is 59.6 Å². The van der Waals surface area contributed by atoms with E-state index in [4.69, 9.17) is 11.6 Å². The van der Waals surface area contributed by atoms with Crippen LogP contribution in [0.5, 0.6) is 0 Å². The fraction of sp³-hybridized carbons (Fsp3) is 0.118. The summed E-state index contributed by atoms with van der Waals surface area (Å²) in [6, 6.07) is 16.3. The molecule has 2 nitrogen and oxygen atoms in total. The molecule has 1 heterocycles. The minimum atomic E-state index is 0.752. The van der Waals surface area contributed by atoms with Gasteiger partial charge in [-0.05, 0) is 18.6 Å². The van der Waals surface area contributed by atoms with Gasteiger partial charge in [0.15, 0.2) is 0 Å². The first-order chi connectivity index (χ1) is 9.72. The summed E-state index contributed by atoms with van der Waals surface area (Å²) in [4.78, 5) is 0. The van der Waals surface area contributed by atoms with E-state index < -0.39 is 0 Å². The second kappa shape index (κ2) is 5.51. The van der Waals surface area contributed by atoms with Crippen LogP contribution in [0.2, 0.25) is 5.02 Å². The largest absolute Gasteiger partial charge is 0.268 e. The van der Waals surface area contributed by atoms with Crippen molar-refractivity contribution >= 4 is 11.6 Å². The Kier molecular flexibility index (Phi) is 3.57. The highest BCUT2D eigenvalue weighted by Gasteiger charge is 2.05. The van der Waals surface area contributed by atoms with E-state index in [2.05, 4.69) is 36.3 Å². The van der Waals surface area contributed by atoms with Crippen molar-refractivity contribution in [2.45, 2.75) is 13.5 Å². The average Bonchev–Trinajstić information content (AvgIpc) is 2.90. The maximum atomic E-state index is 6.21. The molecule has 0 unspecified atom stereocenters. The standard InChI is InChI=1S/C17H15ClN2/c1-13-6-8-14(9-7-13)11-20-12-15(10-19-20)16-4-2-3-5-17(16)18/h2-10,12H,11H2,1H3. The van der Waals surface area contributed by atoms with Crippen LogP contribution in [-0.2, 0) is 6.54 Å². The molecule has 100 valence electrons. The highest BCUT2D eigenvalue weighted by atomic mass is 35.5.